The summed E-state index contributed by atoms with van der Waals surface area (Å²) in [7, 11) is 0. The van der Waals surface area contributed by atoms with Crippen molar-refractivity contribution in [3.05, 3.63) is 40.1 Å². The lowest BCUT2D eigenvalue weighted by Gasteiger charge is -2.12. The summed E-state index contributed by atoms with van der Waals surface area (Å²) in [6.45, 7) is 2.18. The molecule has 0 saturated heterocycles. The number of rotatable bonds is 5. The number of amides is 1. The van der Waals surface area contributed by atoms with Crippen molar-refractivity contribution in [1.29, 1.82) is 0 Å². The molecule has 128 valence electrons. The van der Waals surface area contributed by atoms with E-state index in [4.69, 9.17) is 27.9 Å². The number of halogens is 4. The van der Waals surface area contributed by atoms with Gasteiger partial charge in [0.2, 0.25) is 0 Å². The Balaban J connectivity index is 1.80. The van der Waals surface area contributed by atoms with Gasteiger partial charge in [0.05, 0.1) is 16.7 Å². The lowest BCUT2D eigenvalue weighted by Crippen LogP contribution is -2.18. The van der Waals surface area contributed by atoms with Gasteiger partial charge in [-0.3, -0.25) is 9.48 Å². The van der Waals surface area contributed by atoms with Gasteiger partial charge in [0.15, 0.2) is 5.75 Å². The molecule has 2 aromatic rings. The molecule has 0 bridgehead atoms. The summed E-state index contributed by atoms with van der Waals surface area (Å²) in [6, 6.07) is 3.24. The summed E-state index contributed by atoms with van der Waals surface area (Å²) in [5.74, 6) is -3.08. The highest BCUT2D eigenvalue weighted by Crippen LogP contribution is 2.52. The Morgan fingerprint density at radius 2 is 2.08 bits per heavy atom. The molecule has 0 radical (unpaired) electrons. The van der Waals surface area contributed by atoms with Crippen molar-refractivity contribution < 1.29 is 18.3 Å². The van der Waals surface area contributed by atoms with Crippen LogP contribution in [0, 0.1) is 0 Å². The number of carbonyl (C=O) groups excluding carboxylic acids is 1. The first kappa shape index (κ1) is 17.0. The Morgan fingerprint density at radius 3 is 2.62 bits per heavy atom. The molecule has 0 aliphatic heterocycles. The van der Waals surface area contributed by atoms with E-state index >= 15 is 0 Å². The van der Waals surface area contributed by atoms with Gasteiger partial charge in [-0.1, -0.05) is 23.2 Å². The van der Waals surface area contributed by atoms with Crippen LogP contribution in [0.3, 0.4) is 0 Å². The highest BCUT2D eigenvalue weighted by atomic mass is 35.5. The summed E-state index contributed by atoms with van der Waals surface area (Å²) in [5, 5.41) is 6.87. The summed E-state index contributed by atoms with van der Waals surface area (Å²) in [6.07, 6.45) is 0.983. The first-order chi connectivity index (χ1) is 11.3. The largest absolute Gasteiger partial charge is 0.491 e. The summed E-state index contributed by atoms with van der Waals surface area (Å²) in [4.78, 5) is 12.3. The van der Waals surface area contributed by atoms with Gasteiger partial charge in [0.25, 0.3) is 11.8 Å². The highest BCUT2D eigenvalue weighted by molar-refractivity contribution is 6.37. The van der Waals surface area contributed by atoms with Crippen molar-refractivity contribution in [3.63, 3.8) is 0 Å². The number of hydrogen-bond acceptors (Lipinski definition) is 3. The van der Waals surface area contributed by atoms with E-state index in [2.05, 4.69) is 10.4 Å². The van der Waals surface area contributed by atoms with Gasteiger partial charge >= 0.3 is 0 Å². The number of alkyl halides is 2. The molecule has 5 nitrogen and oxygen atoms in total. The van der Waals surface area contributed by atoms with Crippen LogP contribution in [0.5, 0.6) is 5.75 Å². The second-order valence-electron chi connectivity index (χ2n) is 5.30. The fraction of sp³-hybridized carbons (Fsp3) is 0.333. The number of benzene rings is 1. The molecule has 1 aliphatic carbocycles. The number of hydrogen-bond donors (Lipinski definition) is 1. The normalized spacial score (nSPS) is 18.3. The first-order valence-corrected chi connectivity index (χ1v) is 7.93. The third-order valence-electron chi connectivity index (χ3n) is 3.54. The molecule has 1 heterocycles. The van der Waals surface area contributed by atoms with E-state index in [0.29, 0.717) is 18.0 Å². The Bertz CT molecular complexity index is 772. The number of nitrogens with zero attached hydrogens (tertiary/aromatic N) is 2. The molecular formula is C15H13Cl2F2N3O2. The van der Waals surface area contributed by atoms with E-state index in [1.54, 1.807) is 6.92 Å². The van der Waals surface area contributed by atoms with E-state index in [-0.39, 0.29) is 22.2 Å². The van der Waals surface area contributed by atoms with Crippen molar-refractivity contribution in [2.24, 2.45) is 0 Å². The van der Waals surface area contributed by atoms with E-state index < -0.39 is 17.9 Å². The van der Waals surface area contributed by atoms with Gasteiger partial charge in [-0.15, -0.1) is 0 Å². The third kappa shape index (κ3) is 3.18. The second-order valence-corrected chi connectivity index (χ2v) is 6.11. The van der Waals surface area contributed by atoms with Gasteiger partial charge in [-0.05, 0) is 25.1 Å². The van der Waals surface area contributed by atoms with Crippen LogP contribution in [0.2, 0.25) is 10.0 Å². The predicted octanol–water partition coefficient (Wildman–Crippen LogP) is 4.42. The van der Waals surface area contributed by atoms with Crippen LogP contribution in [0.25, 0.3) is 0 Å². The zero-order valence-electron chi connectivity index (χ0n) is 12.5. The maximum atomic E-state index is 13.2. The smallest absolute Gasteiger partial charge is 0.273 e. The van der Waals surface area contributed by atoms with Gasteiger partial charge in [0, 0.05) is 18.3 Å². The topological polar surface area (TPSA) is 56.1 Å². The molecular weight excluding hydrogens is 363 g/mol. The monoisotopic (exact) mass is 375 g/mol. The van der Waals surface area contributed by atoms with Crippen molar-refractivity contribution >= 4 is 34.8 Å². The van der Waals surface area contributed by atoms with Gasteiger partial charge in [0.1, 0.15) is 11.7 Å². The zero-order chi connectivity index (χ0) is 17.5. The Hall–Kier alpha value is -1.86. The van der Waals surface area contributed by atoms with Crippen LogP contribution in [0.1, 0.15) is 29.9 Å². The fourth-order valence-corrected chi connectivity index (χ4v) is 2.91. The second kappa shape index (κ2) is 6.22. The van der Waals surface area contributed by atoms with E-state index in [9.17, 15) is 13.6 Å². The Labute approximate surface area is 146 Å². The Kier molecular flexibility index (Phi) is 4.40. The number of aromatic nitrogens is 2. The molecule has 24 heavy (non-hydrogen) atoms. The van der Waals surface area contributed by atoms with E-state index in [1.807, 2.05) is 0 Å². The highest BCUT2D eigenvalue weighted by Gasteiger charge is 2.59. The third-order valence-corrected chi connectivity index (χ3v) is 4.10. The van der Waals surface area contributed by atoms with Crippen molar-refractivity contribution in [2.75, 3.05) is 11.9 Å². The quantitative estimate of drug-likeness (QED) is 0.841. The molecule has 1 saturated carbocycles. The lowest BCUT2D eigenvalue weighted by molar-refractivity contribution is 0.0943. The molecule has 1 unspecified atom stereocenters. The minimum atomic E-state index is -2.83. The van der Waals surface area contributed by atoms with Crippen LogP contribution in [-0.2, 0) is 0 Å². The molecule has 0 spiro atoms. The molecule has 1 N–H and O–H groups in total. The first-order valence-electron chi connectivity index (χ1n) is 7.18. The molecule has 1 aromatic heterocycles. The maximum absolute atomic E-state index is 13.2. The van der Waals surface area contributed by atoms with Crippen LogP contribution in [0.4, 0.5) is 14.5 Å². The van der Waals surface area contributed by atoms with Gasteiger partial charge in [-0.2, -0.15) is 5.10 Å². The van der Waals surface area contributed by atoms with Crippen molar-refractivity contribution in [1.82, 2.24) is 9.78 Å². The van der Waals surface area contributed by atoms with E-state index in [0.717, 1.165) is 4.68 Å². The van der Waals surface area contributed by atoms with Crippen LogP contribution in [-0.4, -0.2) is 28.2 Å². The SMILES string of the molecule is CCOc1c(Cl)cc(NC(=O)c2ccnn2C2CC2(F)F)cc1Cl. The molecule has 1 aliphatic rings. The summed E-state index contributed by atoms with van der Waals surface area (Å²) in [5.41, 5.74) is 0.368. The molecule has 1 amide bonds. The van der Waals surface area contributed by atoms with Crippen LogP contribution >= 0.6 is 23.2 Å². The molecule has 3 rings (SSSR count). The Morgan fingerprint density at radius 1 is 1.46 bits per heavy atom. The number of carbonyl (C=O) groups is 1. The number of nitrogens with one attached hydrogen (secondary N) is 1. The standard InChI is InChI=1S/C15H13Cl2F2N3O2/c1-2-24-13-9(16)5-8(6-10(13)17)21-14(23)11-3-4-20-22(11)12-7-15(12,18)19/h3-6,12H,2,7H2,1H3,(H,21,23). The molecule has 1 fully saturated rings. The van der Waals surface area contributed by atoms with E-state index in [1.165, 1.54) is 24.4 Å². The molecule has 9 heteroatoms. The van der Waals surface area contributed by atoms with Crippen LogP contribution in [0.15, 0.2) is 24.4 Å². The predicted molar refractivity (Wildman–Crippen MR) is 86.4 cm³/mol. The minimum Gasteiger partial charge on any atom is -0.491 e. The average molecular weight is 376 g/mol. The molecule has 1 atom stereocenters. The van der Waals surface area contributed by atoms with Gasteiger partial charge < -0.3 is 10.1 Å². The van der Waals surface area contributed by atoms with Crippen molar-refractivity contribution in [2.45, 2.75) is 25.3 Å². The van der Waals surface area contributed by atoms with Crippen molar-refractivity contribution in [3.8, 4) is 5.75 Å². The summed E-state index contributed by atoms with van der Waals surface area (Å²) >= 11 is 12.1. The number of ether oxygens (including phenoxy) is 1. The lowest BCUT2D eigenvalue weighted by atomic mass is 10.2. The van der Waals surface area contributed by atoms with Gasteiger partial charge in [-0.25, -0.2) is 8.78 Å². The molecule has 1 aromatic carbocycles. The summed E-state index contributed by atoms with van der Waals surface area (Å²) < 4.78 is 32.8. The fourth-order valence-electron chi connectivity index (χ4n) is 2.32. The average Bonchev–Trinajstić information content (AvgIpc) is 2.94. The zero-order valence-corrected chi connectivity index (χ0v) is 14.0. The number of anilines is 1. The maximum Gasteiger partial charge on any atom is 0.273 e. The van der Waals surface area contributed by atoms with Crippen LogP contribution < -0.4 is 10.1 Å². The minimum absolute atomic E-state index is 0.0401.